The first-order valence-electron chi connectivity index (χ1n) is 27.4. The van der Waals surface area contributed by atoms with Crippen molar-refractivity contribution in [2.45, 2.75) is 271 Å². The average Bonchev–Trinajstić information content (AvgIpc) is 3.30. The maximum atomic E-state index is 12.8. The van der Waals surface area contributed by atoms with Gasteiger partial charge in [0.2, 0.25) is 0 Å². The second-order valence-corrected chi connectivity index (χ2v) is 18.1. The van der Waals surface area contributed by atoms with E-state index in [1.54, 1.807) is 0 Å². The number of allylic oxidation sites excluding steroid dienone is 12. The number of rotatable bonds is 49. The molecule has 6 nitrogen and oxygen atoms in total. The Hall–Kier alpha value is -3.15. The van der Waals surface area contributed by atoms with Crippen LogP contribution in [-0.2, 0) is 28.6 Å². The standard InChI is InChI=1S/C59H102O6/c1-4-7-10-13-16-19-22-25-27-28-29-30-32-34-37-40-43-46-49-52-58(61)64-55-56(54-63-57(60)51-48-45-42-39-36-33-24-21-18-15-12-9-6-3)65-59(62)53-50-47-44-41-38-35-31-26-23-20-17-14-11-8-5-2/h9,12,18,21,25-27,31,33,36,42,45,56H,4-8,10-11,13-17,19-20,22-24,28-30,32,34-35,37-41,43-44,46-55H2,1-3H3/b12-9-,21-18-,27-25-,31-26-,36-33-,45-42-. The molecule has 0 saturated carbocycles. The monoisotopic (exact) mass is 907 g/mol. The number of esters is 3. The van der Waals surface area contributed by atoms with Crippen LogP contribution in [0.5, 0.6) is 0 Å². The molecule has 0 saturated heterocycles. The van der Waals surface area contributed by atoms with E-state index in [4.69, 9.17) is 14.2 Å². The lowest BCUT2D eigenvalue weighted by atomic mass is 10.1. The van der Waals surface area contributed by atoms with Crippen LogP contribution >= 0.6 is 0 Å². The molecule has 0 aromatic rings. The summed E-state index contributed by atoms with van der Waals surface area (Å²) in [6, 6.07) is 0. The number of unbranched alkanes of at least 4 members (excludes halogenated alkanes) is 26. The molecule has 0 aliphatic heterocycles. The van der Waals surface area contributed by atoms with Crippen molar-refractivity contribution in [2.75, 3.05) is 13.2 Å². The molecule has 0 rings (SSSR count). The number of carbonyl (C=O) groups excluding carboxylic acids is 3. The van der Waals surface area contributed by atoms with Gasteiger partial charge in [0.1, 0.15) is 13.2 Å². The third kappa shape index (κ3) is 51.7. The van der Waals surface area contributed by atoms with Gasteiger partial charge in [-0.3, -0.25) is 14.4 Å². The van der Waals surface area contributed by atoms with E-state index in [9.17, 15) is 14.4 Å². The van der Waals surface area contributed by atoms with E-state index in [0.717, 1.165) is 77.0 Å². The minimum Gasteiger partial charge on any atom is -0.462 e. The van der Waals surface area contributed by atoms with Gasteiger partial charge >= 0.3 is 17.9 Å². The summed E-state index contributed by atoms with van der Waals surface area (Å²) in [6.07, 6.45) is 67.6. The zero-order valence-corrected chi connectivity index (χ0v) is 42.7. The molecular weight excluding hydrogens is 805 g/mol. The predicted molar refractivity (Wildman–Crippen MR) is 279 cm³/mol. The van der Waals surface area contributed by atoms with Gasteiger partial charge in [-0.25, -0.2) is 0 Å². The Morgan fingerprint density at radius 1 is 0.323 bits per heavy atom. The van der Waals surface area contributed by atoms with E-state index >= 15 is 0 Å². The van der Waals surface area contributed by atoms with E-state index in [-0.39, 0.29) is 37.5 Å². The van der Waals surface area contributed by atoms with Crippen LogP contribution in [0.3, 0.4) is 0 Å². The highest BCUT2D eigenvalue weighted by Crippen LogP contribution is 2.15. The number of hydrogen-bond donors (Lipinski definition) is 0. The van der Waals surface area contributed by atoms with Crippen molar-refractivity contribution in [3.05, 3.63) is 72.9 Å². The summed E-state index contributed by atoms with van der Waals surface area (Å²) in [5, 5.41) is 0. The molecule has 0 aromatic carbocycles. The van der Waals surface area contributed by atoms with E-state index in [0.29, 0.717) is 19.3 Å². The second kappa shape index (κ2) is 53.5. The zero-order valence-electron chi connectivity index (χ0n) is 42.7. The van der Waals surface area contributed by atoms with Crippen LogP contribution in [0, 0.1) is 0 Å². The van der Waals surface area contributed by atoms with Crippen LogP contribution < -0.4 is 0 Å². The minimum absolute atomic E-state index is 0.101. The number of ether oxygens (including phenoxy) is 3. The van der Waals surface area contributed by atoms with Crippen molar-refractivity contribution in [2.24, 2.45) is 0 Å². The topological polar surface area (TPSA) is 78.9 Å². The first kappa shape index (κ1) is 61.9. The molecule has 0 fully saturated rings. The molecule has 0 aliphatic carbocycles. The van der Waals surface area contributed by atoms with Crippen LogP contribution in [0.1, 0.15) is 265 Å². The summed E-state index contributed by atoms with van der Waals surface area (Å²) in [7, 11) is 0. The Morgan fingerprint density at radius 3 is 1.03 bits per heavy atom. The largest absolute Gasteiger partial charge is 0.462 e. The summed E-state index contributed by atoms with van der Waals surface area (Å²) < 4.78 is 16.7. The van der Waals surface area contributed by atoms with Gasteiger partial charge in [0.15, 0.2) is 6.10 Å². The van der Waals surface area contributed by atoms with Crippen molar-refractivity contribution in [1.82, 2.24) is 0 Å². The zero-order chi connectivity index (χ0) is 47.2. The lowest BCUT2D eigenvalue weighted by molar-refractivity contribution is -0.166. The fourth-order valence-electron chi connectivity index (χ4n) is 7.56. The Balaban J connectivity index is 4.42. The van der Waals surface area contributed by atoms with Crippen molar-refractivity contribution in [1.29, 1.82) is 0 Å². The van der Waals surface area contributed by atoms with Crippen LogP contribution in [0.25, 0.3) is 0 Å². The molecule has 0 aromatic heterocycles. The van der Waals surface area contributed by atoms with Gasteiger partial charge in [-0.05, 0) is 96.3 Å². The summed E-state index contributed by atoms with van der Waals surface area (Å²) in [4.78, 5) is 38.0. The molecule has 6 heteroatoms. The molecule has 0 amide bonds. The quantitative estimate of drug-likeness (QED) is 0.0262. The average molecular weight is 907 g/mol. The Bertz CT molecular complexity index is 1230. The second-order valence-electron chi connectivity index (χ2n) is 18.1. The number of hydrogen-bond acceptors (Lipinski definition) is 6. The summed E-state index contributed by atoms with van der Waals surface area (Å²) in [6.45, 7) is 6.45. The lowest BCUT2D eigenvalue weighted by Gasteiger charge is -2.18. The van der Waals surface area contributed by atoms with Crippen molar-refractivity contribution >= 4 is 17.9 Å². The molecule has 1 atom stereocenters. The van der Waals surface area contributed by atoms with E-state index < -0.39 is 6.10 Å². The lowest BCUT2D eigenvalue weighted by Crippen LogP contribution is -2.30. The molecule has 0 radical (unpaired) electrons. The third-order valence-electron chi connectivity index (χ3n) is 11.7. The van der Waals surface area contributed by atoms with Gasteiger partial charge in [0.25, 0.3) is 0 Å². The van der Waals surface area contributed by atoms with Crippen LogP contribution in [0.15, 0.2) is 72.9 Å². The smallest absolute Gasteiger partial charge is 0.306 e. The van der Waals surface area contributed by atoms with Gasteiger partial charge in [-0.1, -0.05) is 222 Å². The van der Waals surface area contributed by atoms with Crippen molar-refractivity contribution < 1.29 is 28.6 Å². The highest BCUT2D eigenvalue weighted by Gasteiger charge is 2.19. The summed E-state index contributed by atoms with van der Waals surface area (Å²) in [5.41, 5.74) is 0. The molecule has 0 heterocycles. The van der Waals surface area contributed by atoms with Crippen molar-refractivity contribution in [3.8, 4) is 0 Å². The first-order chi connectivity index (χ1) is 32.0. The molecule has 0 bridgehead atoms. The molecule has 1 unspecified atom stereocenters. The first-order valence-corrected chi connectivity index (χ1v) is 27.4. The van der Waals surface area contributed by atoms with Crippen molar-refractivity contribution in [3.63, 3.8) is 0 Å². The maximum absolute atomic E-state index is 12.8. The fourth-order valence-corrected chi connectivity index (χ4v) is 7.56. The Morgan fingerprint density at radius 2 is 0.631 bits per heavy atom. The molecule has 65 heavy (non-hydrogen) atoms. The van der Waals surface area contributed by atoms with Crippen LogP contribution in [-0.4, -0.2) is 37.2 Å². The van der Waals surface area contributed by atoms with Gasteiger partial charge in [-0.15, -0.1) is 0 Å². The Kier molecular flexibility index (Phi) is 50.9. The predicted octanol–water partition coefficient (Wildman–Crippen LogP) is 18.2. The minimum atomic E-state index is -0.808. The van der Waals surface area contributed by atoms with E-state index in [2.05, 4.69) is 87.6 Å². The van der Waals surface area contributed by atoms with E-state index in [1.807, 2.05) is 6.08 Å². The van der Waals surface area contributed by atoms with Gasteiger partial charge in [-0.2, -0.15) is 0 Å². The SMILES string of the molecule is CC/C=C\C/C=C\C/C=C\C/C=C\CCC(=O)OCC(COC(=O)CCCCCCCCCCC/C=C\CCCCCCCC)OC(=O)CCCCCCC/C=C\CCCCCCCC. The fraction of sp³-hybridized carbons (Fsp3) is 0.746. The van der Waals surface area contributed by atoms with E-state index in [1.165, 1.54) is 141 Å². The molecule has 374 valence electrons. The number of carbonyl (C=O) groups is 3. The van der Waals surface area contributed by atoms with Crippen LogP contribution in [0.4, 0.5) is 0 Å². The summed E-state index contributed by atoms with van der Waals surface area (Å²) >= 11 is 0. The van der Waals surface area contributed by atoms with Crippen LogP contribution in [0.2, 0.25) is 0 Å². The summed E-state index contributed by atoms with van der Waals surface area (Å²) in [5.74, 6) is -0.992. The maximum Gasteiger partial charge on any atom is 0.306 e. The molecule has 0 aliphatic rings. The van der Waals surface area contributed by atoms with Gasteiger partial charge in [0.05, 0.1) is 0 Å². The molecule has 0 N–H and O–H groups in total. The molecular formula is C59H102O6. The van der Waals surface area contributed by atoms with Gasteiger partial charge < -0.3 is 14.2 Å². The molecule has 0 spiro atoms. The normalized spacial score (nSPS) is 12.6. The highest BCUT2D eigenvalue weighted by molar-refractivity contribution is 5.71. The van der Waals surface area contributed by atoms with Gasteiger partial charge in [0, 0.05) is 19.3 Å². The third-order valence-corrected chi connectivity index (χ3v) is 11.7. The Labute approximate surface area is 402 Å². The highest BCUT2D eigenvalue weighted by atomic mass is 16.6.